The molecule has 5 nitrogen and oxygen atoms in total. The second kappa shape index (κ2) is 7.01. The predicted molar refractivity (Wildman–Crippen MR) is 90.9 cm³/mol. The van der Waals surface area contributed by atoms with Gasteiger partial charge in [-0.15, -0.1) is 11.3 Å². The lowest BCUT2D eigenvalue weighted by atomic mass is 10.1. The molecule has 1 amide bonds. The number of carbonyl (C=O) groups excluding carboxylic acids is 1. The third-order valence-electron chi connectivity index (χ3n) is 4.72. The number of ether oxygens (including phenoxy) is 2. The summed E-state index contributed by atoms with van der Waals surface area (Å²) in [6, 6.07) is 7.80. The van der Waals surface area contributed by atoms with Crippen molar-refractivity contribution in [1.82, 2.24) is 9.88 Å². The second-order valence-electron chi connectivity index (χ2n) is 6.17. The van der Waals surface area contributed by atoms with Crippen LogP contribution in [0, 0.1) is 0 Å². The van der Waals surface area contributed by atoms with Gasteiger partial charge in [0.2, 0.25) is 0 Å². The molecule has 2 aromatic heterocycles. The lowest BCUT2D eigenvalue weighted by Gasteiger charge is -2.31. The van der Waals surface area contributed by atoms with Crippen LogP contribution >= 0.6 is 11.3 Å². The zero-order valence-electron chi connectivity index (χ0n) is 13.3. The Morgan fingerprint density at radius 3 is 3.12 bits per heavy atom. The maximum absolute atomic E-state index is 12.8. The minimum Gasteiger partial charge on any atom is -0.374 e. The number of pyridine rings is 1. The summed E-state index contributed by atoms with van der Waals surface area (Å²) in [4.78, 5) is 19.7. The first-order valence-electron chi connectivity index (χ1n) is 8.29. The number of hydrogen-bond acceptors (Lipinski definition) is 5. The van der Waals surface area contributed by atoms with Gasteiger partial charge in [-0.25, -0.2) is 0 Å². The van der Waals surface area contributed by atoms with Crippen molar-refractivity contribution >= 4 is 17.2 Å². The van der Waals surface area contributed by atoms with Gasteiger partial charge < -0.3 is 14.4 Å². The van der Waals surface area contributed by atoms with Crippen molar-refractivity contribution in [3.05, 3.63) is 52.5 Å². The minimum absolute atomic E-state index is 0.0726. The topological polar surface area (TPSA) is 51.7 Å². The van der Waals surface area contributed by atoms with E-state index in [1.54, 1.807) is 6.20 Å². The van der Waals surface area contributed by atoms with E-state index in [-0.39, 0.29) is 24.2 Å². The molecule has 2 aromatic rings. The van der Waals surface area contributed by atoms with E-state index in [2.05, 4.69) is 4.98 Å². The molecule has 0 unspecified atom stereocenters. The lowest BCUT2D eigenvalue weighted by molar-refractivity contribution is -0.0598. The van der Waals surface area contributed by atoms with Gasteiger partial charge in [-0.2, -0.15) is 0 Å². The largest absolute Gasteiger partial charge is 0.374 e. The SMILES string of the molecule is O=C(c1cccs1)N1CCO[C@H]2CC[C@H]1[C@H]2OCc1cccnc1. The third kappa shape index (κ3) is 3.09. The predicted octanol–water partition coefficient (Wildman–Crippen LogP) is 2.73. The number of nitrogens with zero attached hydrogens (tertiary/aromatic N) is 2. The normalized spacial score (nSPS) is 26.3. The van der Waals surface area contributed by atoms with Crippen molar-refractivity contribution in [1.29, 1.82) is 0 Å². The third-order valence-corrected chi connectivity index (χ3v) is 5.57. The maximum Gasteiger partial charge on any atom is 0.264 e. The molecule has 1 saturated carbocycles. The fourth-order valence-corrected chi connectivity index (χ4v) is 4.26. The Kier molecular flexibility index (Phi) is 4.60. The van der Waals surface area contributed by atoms with Crippen LogP contribution in [0.4, 0.5) is 0 Å². The molecule has 1 saturated heterocycles. The Morgan fingerprint density at radius 1 is 1.38 bits per heavy atom. The fraction of sp³-hybridized carbons (Fsp3) is 0.444. The van der Waals surface area contributed by atoms with Crippen LogP contribution in [-0.2, 0) is 16.1 Å². The summed E-state index contributed by atoms with van der Waals surface area (Å²) < 4.78 is 12.1. The Balaban J connectivity index is 1.50. The van der Waals surface area contributed by atoms with E-state index < -0.39 is 0 Å². The Morgan fingerprint density at radius 2 is 2.33 bits per heavy atom. The number of hydrogen-bond donors (Lipinski definition) is 0. The van der Waals surface area contributed by atoms with E-state index in [1.807, 2.05) is 40.7 Å². The van der Waals surface area contributed by atoms with Crippen molar-refractivity contribution < 1.29 is 14.3 Å². The highest BCUT2D eigenvalue weighted by atomic mass is 32.1. The highest BCUT2D eigenvalue weighted by molar-refractivity contribution is 7.12. The number of rotatable bonds is 4. The molecule has 1 aliphatic carbocycles. The van der Waals surface area contributed by atoms with Crippen molar-refractivity contribution in [3.63, 3.8) is 0 Å². The van der Waals surface area contributed by atoms with Crippen molar-refractivity contribution in [3.8, 4) is 0 Å². The first-order chi connectivity index (χ1) is 11.8. The number of thiophene rings is 1. The van der Waals surface area contributed by atoms with Gasteiger partial charge >= 0.3 is 0 Å². The molecule has 3 atom stereocenters. The molecule has 6 heteroatoms. The number of carbonyl (C=O) groups is 1. The fourth-order valence-electron chi connectivity index (χ4n) is 3.58. The molecule has 1 aliphatic heterocycles. The number of fused-ring (bicyclic) bond motifs is 2. The zero-order valence-corrected chi connectivity index (χ0v) is 14.2. The summed E-state index contributed by atoms with van der Waals surface area (Å²) in [5, 5.41) is 1.94. The summed E-state index contributed by atoms with van der Waals surface area (Å²) in [5.41, 5.74) is 1.04. The van der Waals surface area contributed by atoms with Gasteiger partial charge in [0.1, 0.15) is 6.10 Å². The van der Waals surface area contributed by atoms with Crippen molar-refractivity contribution in [2.45, 2.75) is 37.7 Å². The van der Waals surface area contributed by atoms with Gasteiger partial charge in [-0.1, -0.05) is 12.1 Å². The van der Waals surface area contributed by atoms with Crippen LogP contribution in [0.1, 0.15) is 28.1 Å². The van der Waals surface area contributed by atoms with E-state index in [0.29, 0.717) is 19.8 Å². The van der Waals surface area contributed by atoms with Crippen molar-refractivity contribution in [2.75, 3.05) is 13.2 Å². The van der Waals surface area contributed by atoms with Gasteiger partial charge in [0.25, 0.3) is 5.91 Å². The minimum atomic E-state index is -0.0726. The van der Waals surface area contributed by atoms with Crippen LogP contribution in [0.25, 0.3) is 0 Å². The molecule has 0 N–H and O–H groups in total. The Bertz CT molecular complexity index is 677. The van der Waals surface area contributed by atoms with Crippen LogP contribution in [0.2, 0.25) is 0 Å². The molecule has 3 heterocycles. The average molecular weight is 344 g/mol. The maximum atomic E-state index is 12.8. The van der Waals surface area contributed by atoms with Crippen LogP contribution in [0.5, 0.6) is 0 Å². The summed E-state index contributed by atoms with van der Waals surface area (Å²) in [5.74, 6) is 0.0936. The lowest BCUT2D eigenvalue weighted by Crippen LogP contribution is -2.46. The zero-order chi connectivity index (χ0) is 16.4. The van der Waals surface area contributed by atoms with E-state index in [9.17, 15) is 4.79 Å². The molecule has 24 heavy (non-hydrogen) atoms. The molecule has 0 aromatic carbocycles. The molecule has 0 spiro atoms. The smallest absolute Gasteiger partial charge is 0.264 e. The van der Waals surface area contributed by atoms with Crippen LogP contribution in [-0.4, -0.2) is 47.2 Å². The Labute approximate surface area is 145 Å². The molecule has 2 aliphatic rings. The second-order valence-corrected chi connectivity index (χ2v) is 7.11. The van der Waals surface area contributed by atoms with Gasteiger partial charge in [-0.3, -0.25) is 9.78 Å². The summed E-state index contributed by atoms with van der Waals surface area (Å²) in [6.07, 6.45) is 5.44. The van der Waals surface area contributed by atoms with Crippen LogP contribution < -0.4 is 0 Å². The number of amides is 1. The molecule has 126 valence electrons. The first kappa shape index (κ1) is 15.7. The molecule has 4 rings (SSSR count). The molecule has 2 fully saturated rings. The quantitative estimate of drug-likeness (QED) is 0.856. The molecule has 2 bridgehead atoms. The summed E-state index contributed by atoms with van der Waals surface area (Å²) >= 11 is 1.49. The number of aromatic nitrogens is 1. The standard InChI is InChI=1S/C18H20N2O3S/c21-18(16-4-2-10-24-16)20-8-9-22-15-6-5-14(20)17(15)23-12-13-3-1-7-19-11-13/h1-4,7,10-11,14-15,17H,5-6,8-9,12H2/t14-,15-,17+/m0/s1. The van der Waals surface area contributed by atoms with Gasteiger partial charge in [0.15, 0.2) is 0 Å². The van der Waals surface area contributed by atoms with Crippen LogP contribution in [0.3, 0.4) is 0 Å². The van der Waals surface area contributed by atoms with E-state index >= 15 is 0 Å². The van der Waals surface area contributed by atoms with Gasteiger partial charge in [-0.05, 0) is 35.9 Å². The molecular weight excluding hydrogens is 324 g/mol. The highest BCUT2D eigenvalue weighted by Crippen LogP contribution is 2.33. The summed E-state index contributed by atoms with van der Waals surface area (Å²) in [7, 11) is 0. The Hall–Kier alpha value is -1.76. The monoisotopic (exact) mass is 344 g/mol. The first-order valence-corrected chi connectivity index (χ1v) is 9.17. The van der Waals surface area contributed by atoms with Gasteiger partial charge in [0, 0.05) is 18.9 Å². The van der Waals surface area contributed by atoms with Crippen LogP contribution in [0.15, 0.2) is 42.0 Å². The van der Waals surface area contributed by atoms with E-state index in [0.717, 1.165) is 23.3 Å². The van der Waals surface area contributed by atoms with E-state index in [4.69, 9.17) is 9.47 Å². The van der Waals surface area contributed by atoms with Gasteiger partial charge in [0.05, 0.1) is 30.2 Å². The van der Waals surface area contributed by atoms with Crippen molar-refractivity contribution in [2.24, 2.45) is 0 Å². The van der Waals surface area contributed by atoms with E-state index in [1.165, 1.54) is 11.3 Å². The molecular formula is C18H20N2O3S. The molecule has 0 radical (unpaired) electrons. The highest BCUT2D eigenvalue weighted by Gasteiger charge is 2.44. The average Bonchev–Trinajstić information content (AvgIpc) is 3.22. The summed E-state index contributed by atoms with van der Waals surface area (Å²) in [6.45, 7) is 1.70.